The van der Waals surface area contributed by atoms with Crippen LogP contribution in [0.3, 0.4) is 0 Å². The van der Waals surface area contributed by atoms with E-state index in [1.807, 2.05) is 31.2 Å². The lowest BCUT2D eigenvalue weighted by molar-refractivity contribution is 0.0692. The Bertz CT molecular complexity index is 826. The van der Waals surface area contributed by atoms with Gasteiger partial charge in [-0.15, -0.1) is 0 Å². The van der Waals surface area contributed by atoms with E-state index in [9.17, 15) is 9.90 Å². The van der Waals surface area contributed by atoms with Crippen molar-refractivity contribution in [2.24, 2.45) is 0 Å². The molecule has 20 heavy (non-hydrogen) atoms. The SMILES string of the molecule is Cc1cccc(-n2nc(C(=O)O)c3ccc(Cl)nc32)c1. The number of carboxylic acid groups (broad SMARTS) is 1. The van der Waals surface area contributed by atoms with Crippen LogP contribution < -0.4 is 0 Å². The lowest BCUT2D eigenvalue weighted by Crippen LogP contribution is -2.01. The van der Waals surface area contributed by atoms with Crippen LogP contribution in [-0.2, 0) is 0 Å². The van der Waals surface area contributed by atoms with Crippen LogP contribution in [0.5, 0.6) is 0 Å². The number of pyridine rings is 1. The summed E-state index contributed by atoms with van der Waals surface area (Å²) in [6.45, 7) is 1.95. The van der Waals surface area contributed by atoms with Crippen molar-refractivity contribution in [2.45, 2.75) is 6.92 Å². The predicted octanol–water partition coefficient (Wildman–Crippen LogP) is 3.08. The van der Waals surface area contributed by atoms with Gasteiger partial charge in [-0.05, 0) is 36.8 Å². The largest absolute Gasteiger partial charge is 0.476 e. The highest BCUT2D eigenvalue weighted by atomic mass is 35.5. The number of nitrogens with zero attached hydrogens (tertiary/aromatic N) is 3. The molecule has 0 amide bonds. The summed E-state index contributed by atoms with van der Waals surface area (Å²) in [5.74, 6) is -1.09. The van der Waals surface area contributed by atoms with Crippen molar-refractivity contribution in [1.82, 2.24) is 14.8 Å². The Balaban J connectivity index is 2.35. The summed E-state index contributed by atoms with van der Waals surface area (Å²) in [4.78, 5) is 15.5. The van der Waals surface area contributed by atoms with Crippen molar-refractivity contribution < 1.29 is 9.90 Å². The fourth-order valence-corrected chi connectivity index (χ4v) is 2.21. The summed E-state index contributed by atoms with van der Waals surface area (Å²) in [5, 5.41) is 14.1. The summed E-state index contributed by atoms with van der Waals surface area (Å²) in [6, 6.07) is 10.7. The number of carboxylic acids is 1. The third-order valence-corrected chi connectivity index (χ3v) is 3.16. The van der Waals surface area contributed by atoms with E-state index in [-0.39, 0.29) is 5.69 Å². The third-order valence-electron chi connectivity index (χ3n) is 2.95. The number of aryl methyl sites for hydroxylation is 1. The van der Waals surface area contributed by atoms with Gasteiger partial charge in [0.2, 0.25) is 0 Å². The maximum absolute atomic E-state index is 11.3. The second kappa shape index (κ2) is 4.61. The quantitative estimate of drug-likeness (QED) is 0.736. The van der Waals surface area contributed by atoms with E-state index >= 15 is 0 Å². The molecule has 0 atom stereocenters. The molecule has 0 saturated carbocycles. The number of hydrogen-bond donors (Lipinski definition) is 1. The average molecular weight is 288 g/mol. The molecule has 1 N–H and O–H groups in total. The molecule has 5 nitrogen and oxygen atoms in total. The van der Waals surface area contributed by atoms with Crippen LogP contribution in [0.25, 0.3) is 16.7 Å². The third kappa shape index (κ3) is 2.02. The fourth-order valence-electron chi connectivity index (χ4n) is 2.07. The van der Waals surface area contributed by atoms with Gasteiger partial charge in [-0.1, -0.05) is 23.7 Å². The Labute approximate surface area is 119 Å². The molecule has 0 aliphatic rings. The van der Waals surface area contributed by atoms with Gasteiger partial charge in [0.1, 0.15) is 5.15 Å². The molecule has 0 fully saturated rings. The second-order valence-corrected chi connectivity index (χ2v) is 4.80. The highest BCUT2D eigenvalue weighted by Gasteiger charge is 2.18. The van der Waals surface area contributed by atoms with Crippen molar-refractivity contribution >= 4 is 28.6 Å². The molecule has 2 heterocycles. The Morgan fingerprint density at radius 2 is 2.10 bits per heavy atom. The van der Waals surface area contributed by atoms with Crippen LogP contribution in [-0.4, -0.2) is 25.8 Å². The molecule has 3 aromatic rings. The van der Waals surface area contributed by atoms with Crippen LogP contribution in [0.4, 0.5) is 0 Å². The molecule has 1 aromatic carbocycles. The first-order valence-electron chi connectivity index (χ1n) is 5.92. The van der Waals surface area contributed by atoms with Crippen molar-refractivity contribution in [3.63, 3.8) is 0 Å². The molecular weight excluding hydrogens is 278 g/mol. The van der Waals surface area contributed by atoms with Crippen molar-refractivity contribution in [3.05, 3.63) is 52.8 Å². The molecule has 0 unspecified atom stereocenters. The zero-order valence-electron chi connectivity index (χ0n) is 10.5. The normalized spacial score (nSPS) is 10.9. The monoisotopic (exact) mass is 287 g/mol. The lowest BCUT2D eigenvalue weighted by atomic mass is 10.2. The molecule has 100 valence electrons. The van der Waals surface area contributed by atoms with Crippen LogP contribution in [0.2, 0.25) is 5.15 Å². The molecule has 0 bridgehead atoms. The minimum Gasteiger partial charge on any atom is -0.476 e. The maximum Gasteiger partial charge on any atom is 0.357 e. The maximum atomic E-state index is 11.3. The number of hydrogen-bond acceptors (Lipinski definition) is 3. The van der Waals surface area contributed by atoms with Gasteiger partial charge in [0, 0.05) is 0 Å². The Hall–Kier alpha value is -2.40. The molecule has 0 saturated heterocycles. The number of aromatic nitrogens is 3. The van der Waals surface area contributed by atoms with Crippen LogP contribution >= 0.6 is 11.6 Å². The molecular formula is C14H10ClN3O2. The number of fused-ring (bicyclic) bond motifs is 1. The first-order chi connectivity index (χ1) is 9.56. The summed E-state index contributed by atoms with van der Waals surface area (Å²) in [7, 11) is 0. The topological polar surface area (TPSA) is 68.0 Å². The van der Waals surface area contributed by atoms with Gasteiger partial charge in [-0.3, -0.25) is 0 Å². The first-order valence-corrected chi connectivity index (χ1v) is 6.29. The molecule has 0 radical (unpaired) electrons. The Morgan fingerprint density at radius 3 is 2.80 bits per heavy atom. The molecule has 0 spiro atoms. The summed E-state index contributed by atoms with van der Waals surface area (Å²) in [6.07, 6.45) is 0. The smallest absolute Gasteiger partial charge is 0.357 e. The van der Waals surface area contributed by atoms with E-state index < -0.39 is 5.97 Å². The molecule has 0 aliphatic carbocycles. The minimum atomic E-state index is -1.09. The van der Waals surface area contributed by atoms with Crippen LogP contribution in [0.15, 0.2) is 36.4 Å². The number of rotatable bonds is 2. The lowest BCUT2D eigenvalue weighted by Gasteiger charge is -2.03. The summed E-state index contributed by atoms with van der Waals surface area (Å²) < 4.78 is 1.50. The van der Waals surface area contributed by atoms with Crippen molar-refractivity contribution in [2.75, 3.05) is 0 Å². The second-order valence-electron chi connectivity index (χ2n) is 4.41. The first kappa shape index (κ1) is 12.6. The number of halogens is 1. The standard InChI is InChI=1S/C14H10ClN3O2/c1-8-3-2-4-9(7-8)18-13-10(5-6-11(15)16-13)12(17-18)14(19)20/h2-7H,1H3,(H,19,20). The van der Waals surface area contributed by atoms with Crippen LogP contribution in [0, 0.1) is 6.92 Å². The summed E-state index contributed by atoms with van der Waals surface area (Å²) in [5.41, 5.74) is 2.19. The highest BCUT2D eigenvalue weighted by molar-refractivity contribution is 6.29. The predicted molar refractivity (Wildman–Crippen MR) is 75.6 cm³/mol. The van der Waals surface area contributed by atoms with Gasteiger partial charge in [-0.25, -0.2) is 14.5 Å². The highest BCUT2D eigenvalue weighted by Crippen LogP contribution is 2.23. The molecule has 3 rings (SSSR count). The van der Waals surface area contributed by atoms with Gasteiger partial charge >= 0.3 is 5.97 Å². The van der Waals surface area contributed by atoms with Gasteiger partial charge in [0.25, 0.3) is 0 Å². The van der Waals surface area contributed by atoms with E-state index in [0.29, 0.717) is 16.2 Å². The molecule has 6 heteroatoms. The number of aromatic carboxylic acids is 1. The van der Waals surface area contributed by atoms with Crippen molar-refractivity contribution in [1.29, 1.82) is 0 Å². The van der Waals surface area contributed by atoms with Crippen LogP contribution in [0.1, 0.15) is 16.1 Å². The van der Waals surface area contributed by atoms with Gasteiger partial charge in [0.05, 0.1) is 11.1 Å². The number of benzene rings is 1. The van der Waals surface area contributed by atoms with E-state index in [0.717, 1.165) is 11.3 Å². The number of carbonyl (C=O) groups is 1. The zero-order valence-corrected chi connectivity index (χ0v) is 11.3. The zero-order chi connectivity index (χ0) is 14.3. The van der Waals surface area contributed by atoms with Crippen molar-refractivity contribution in [3.8, 4) is 5.69 Å². The Kier molecular flexibility index (Phi) is 2.91. The summed E-state index contributed by atoms with van der Waals surface area (Å²) >= 11 is 5.90. The Morgan fingerprint density at radius 1 is 1.30 bits per heavy atom. The van der Waals surface area contributed by atoms with Gasteiger partial charge in [-0.2, -0.15) is 5.10 Å². The average Bonchev–Trinajstić information content (AvgIpc) is 2.77. The minimum absolute atomic E-state index is 0.0364. The van der Waals surface area contributed by atoms with E-state index in [4.69, 9.17) is 11.6 Å². The van der Waals surface area contributed by atoms with Gasteiger partial charge in [0.15, 0.2) is 11.3 Å². The molecule has 0 aliphatic heterocycles. The van der Waals surface area contributed by atoms with Gasteiger partial charge < -0.3 is 5.11 Å². The van der Waals surface area contributed by atoms with E-state index in [2.05, 4.69) is 10.1 Å². The van der Waals surface area contributed by atoms with E-state index in [1.54, 1.807) is 12.1 Å². The molecule has 2 aromatic heterocycles. The fraction of sp³-hybridized carbons (Fsp3) is 0.0714. The van der Waals surface area contributed by atoms with E-state index in [1.165, 1.54) is 4.68 Å².